The largest absolute Gasteiger partial charge is 0.383 e. The number of nitrogens with zero attached hydrogens (tertiary/aromatic N) is 3. The van der Waals surface area contributed by atoms with Crippen molar-refractivity contribution in [1.29, 1.82) is 0 Å². The number of halogens is 2. The number of amides is 3. The third kappa shape index (κ3) is 4.10. The van der Waals surface area contributed by atoms with Gasteiger partial charge >= 0.3 is 6.03 Å². The fraction of sp³-hybridized carbons (Fsp3) is 0.600. The molecule has 0 aromatic heterocycles. The van der Waals surface area contributed by atoms with Crippen molar-refractivity contribution in [1.82, 2.24) is 14.7 Å². The van der Waals surface area contributed by atoms with Gasteiger partial charge in [-0.25, -0.2) is 9.18 Å². The van der Waals surface area contributed by atoms with Crippen LogP contribution >= 0.6 is 11.6 Å². The summed E-state index contributed by atoms with van der Waals surface area (Å²) in [6, 6.07) is 3.66. The molecule has 0 radical (unpaired) electrons. The maximum Gasteiger partial charge on any atom is 0.321 e. The number of ether oxygens (including phenoxy) is 1. The SMILES string of the molecule is COCCN1C[C@@H]2CN(Cc3c(F)cccc3Cl)C(=O)N2[C@@H](CC(C)C)C1=O. The molecular formula is C20H27ClFN3O3. The smallest absolute Gasteiger partial charge is 0.321 e. The van der Waals surface area contributed by atoms with Crippen LogP contribution in [0.25, 0.3) is 0 Å². The molecular weight excluding hydrogens is 385 g/mol. The number of hydrogen-bond donors (Lipinski definition) is 0. The Morgan fingerprint density at radius 3 is 2.61 bits per heavy atom. The average molecular weight is 412 g/mol. The number of fused-ring (bicyclic) bond motifs is 1. The topological polar surface area (TPSA) is 53.1 Å². The van der Waals surface area contributed by atoms with Gasteiger partial charge < -0.3 is 19.4 Å². The number of piperazine rings is 1. The molecule has 0 saturated carbocycles. The van der Waals surface area contributed by atoms with Gasteiger partial charge in [0, 0.05) is 37.3 Å². The quantitative estimate of drug-likeness (QED) is 0.693. The molecule has 2 aliphatic rings. The van der Waals surface area contributed by atoms with Gasteiger partial charge in [-0.15, -0.1) is 0 Å². The van der Waals surface area contributed by atoms with Crippen LogP contribution in [-0.4, -0.2) is 72.1 Å². The van der Waals surface area contributed by atoms with Gasteiger partial charge in [-0.2, -0.15) is 0 Å². The molecule has 1 aromatic rings. The zero-order valence-electron chi connectivity index (χ0n) is 16.5. The first kappa shape index (κ1) is 20.9. The number of urea groups is 1. The molecule has 2 atom stereocenters. The molecule has 154 valence electrons. The summed E-state index contributed by atoms with van der Waals surface area (Å²) >= 11 is 6.14. The fourth-order valence-electron chi connectivity index (χ4n) is 4.02. The van der Waals surface area contributed by atoms with Crippen LogP contribution in [0.1, 0.15) is 25.8 Å². The molecule has 3 amide bonds. The van der Waals surface area contributed by atoms with Gasteiger partial charge in [0.2, 0.25) is 5.91 Å². The van der Waals surface area contributed by atoms with Crippen LogP contribution in [0.15, 0.2) is 18.2 Å². The van der Waals surface area contributed by atoms with Gasteiger partial charge in [-0.3, -0.25) is 4.79 Å². The third-order valence-electron chi connectivity index (χ3n) is 5.35. The number of methoxy groups -OCH3 is 1. The van der Waals surface area contributed by atoms with Gasteiger partial charge in [-0.05, 0) is 24.5 Å². The van der Waals surface area contributed by atoms with Gasteiger partial charge in [0.05, 0.1) is 19.2 Å². The Balaban J connectivity index is 1.83. The predicted octanol–water partition coefficient (Wildman–Crippen LogP) is 2.99. The van der Waals surface area contributed by atoms with Crippen LogP contribution in [0.4, 0.5) is 9.18 Å². The minimum Gasteiger partial charge on any atom is -0.383 e. The van der Waals surface area contributed by atoms with Crippen LogP contribution in [0.5, 0.6) is 0 Å². The molecule has 2 heterocycles. The average Bonchev–Trinajstić information content (AvgIpc) is 2.94. The van der Waals surface area contributed by atoms with Crippen molar-refractivity contribution in [3.63, 3.8) is 0 Å². The molecule has 2 saturated heterocycles. The lowest BCUT2D eigenvalue weighted by molar-refractivity contribution is -0.143. The molecule has 2 aliphatic heterocycles. The number of benzene rings is 1. The van der Waals surface area contributed by atoms with E-state index in [0.717, 1.165) is 0 Å². The summed E-state index contributed by atoms with van der Waals surface area (Å²) in [5.74, 6) is -0.206. The third-order valence-corrected chi connectivity index (χ3v) is 5.70. The van der Waals surface area contributed by atoms with Gasteiger partial charge in [0.25, 0.3) is 0 Å². The Morgan fingerprint density at radius 2 is 1.96 bits per heavy atom. The molecule has 0 spiro atoms. The van der Waals surface area contributed by atoms with Gasteiger partial charge in [0.15, 0.2) is 0 Å². The highest BCUT2D eigenvalue weighted by Crippen LogP contribution is 2.31. The second-order valence-corrected chi connectivity index (χ2v) is 8.25. The number of hydrogen-bond acceptors (Lipinski definition) is 3. The van der Waals surface area contributed by atoms with Crippen molar-refractivity contribution in [2.75, 3.05) is 33.4 Å². The van der Waals surface area contributed by atoms with Crippen LogP contribution < -0.4 is 0 Å². The molecule has 0 unspecified atom stereocenters. The molecule has 8 heteroatoms. The van der Waals surface area contributed by atoms with Crippen LogP contribution in [-0.2, 0) is 16.1 Å². The summed E-state index contributed by atoms with van der Waals surface area (Å²) in [7, 11) is 1.60. The molecule has 1 aromatic carbocycles. The first-order chi connectivity index (χ1) is 13.3. The Labute approximate surface area is 170 Å². The normalized spacial score (nSPS) is 22.4. The van der Waals surface area contributed by atoms with E-state index in [1.165, 1.54) is 6.07 Å². The van der Waals surface area contributed by atoms with Gasteiger partial charge in [-0.1, -0.05) is 31.5 Å². The second-order valence-electron chi connectivity index (χ2n) is 7.85. The van der Waals surface area contributed by atoms with E-state index in [2.05, 4.69) is 0 Å². The zero-order chi connectivity index (χ0) is 20.4. The standard InChI is InChI=1S/C20H27ClFN3O3/c1-13(2)9-18-19(26)23(7-8-28-3)10-14-11-24(20(27)25(14)18)12-15-16(21)5-4-6-17(15)22/h4-6,13-14,18H,7-12H2,1-3H3/t14-,18+/m1/s1. The highest BCUT2D eigenvalue weighted by molar-refractivity contribution is 6.31. The summed E-state index contributed by atoms with van der Waals surface area (Å²) in [5, 5.41) is 0.300. The highest BCUT2D eigenvalue weighted by atomic mass is 35.5. The zero-order valence-corrected chi connectivity index (χ0v) is 17.3. The number of rotatable bonds is 7. The molecule has 3 rings (SSSR count). The van der Waals surface area contributed by atoms with Crippen LogP contribution in [0, 0.1) is 11.7 Å². The van der Waals surface area contributed by atoms with E-state index in [-0.39, 0.29) is 30.4 Å². The molecule has 0 N–H and O–H groups in total. The van der Waals surface area contributed by atoms with Crippen molar-refractivity contribution in [3.8, 4) is 0 Å². The van der Waals surface area contributed by atoms with E-state index in [9.17, 15) is 14.0 Å². The summed E-state index contributed by atoms with van der Waals surface area (Å²) in [6.07, 6.45) is 0.596. The molecule has 0 bridgehead atoms. The maximum absolute atomic E-state index is 14.2. The predicted molar refractivity (Wildman–Crippen MR) is 105 cm³/mol. The van der Waals surface area contributed by atoms with E-state index in [1.54, 1.807) is 33.9 Å². The van der Waals surface area contributed by atoms with E-state index in [4.69, 9.17) is 16.3 Å². The lowest BCUT2D eigenvalue weighted by atomic mass is 9.97. The van der Waals surface area contributed by atoms with E-state index in [1.807, 2.05) is 13.8 Å². The molecule has 6 nitrogen and oxygen atoms in total. The summed E-state index contributed by atoms with van der Waals surface area (Å²) in [4.78, 5) is 31.2. The van der Waals surface area contributed by atoms with Gasteiger partial charge in [0.1, 0.15) is 11.9 Å². The highest BCUT2D eigenvalue weighted by Gasteiger charge is 2.49. The molecule has 28 heavy (non-hydrogen) atoms. The van der Waals surface area contributed by atoms with Crippen molar-refractivity contribution in [2.45, 2.75) is 38.9 Å². The Morgan fingerprint density at radius 1 is 1.25 bits per heavy atom. The fourth-order valence-corrected chi connectivity index (χ4v) is 4.24. The molecule has 0 aliphatic carbocycles. The van der Waals surface area contributed by atoms with E-state index in [0.29, 0.717) is 43.2 Å². The van der Waals surface area contributed by atoms with Crippen LogP contribution in [0.3, 0.4) is 0 Å². The first-order valence-corrected chi connectivity index (χ1v) is 9.99. The lowest BCUT2D eigenvalue weighted by Crippen LogP contribution is -2.61. The Kier molecular flexibility index (Phi) is 6.45. The minimum absolute atomic E-state index is 0.0406. The minimum atomic E-state index is -0.496. The second kappa shape index (κ2) is 8.66. The van der Waals surface area contributed by atoms with Crippen molar-refractivity contribution in [2.24, 2.45) is 5.92 Å². The summed E-state index contributed by atoms with van der Waals surface area (Å²) in [6.45, 7) is 6.02. The van der Waals surface area contributed by atoms with E-state index >= 15 is 0 Å². The Bertz CT molecular complexity index is 725. The number of carbonyl (C=O) groups excluding carboxylic acids is 2. The first-order valence-electron chi connectivity index (χ1n) is 9.61. The maximum atomic E-state index is 14.2. The summed E-state index contributed by atoms with van der Waals surface area (Å²) in [5.41, 5.74) is 0.306. The monoisotopic (exact) mass is 411 g/mol. The van der Waals surface area contributed by atoms with E-state index < -0.39 is 11.9 Å². The number of carbonyl (C=O) groups is 2. The Hall–Kier alpha value is -1.86. The van der Waals surface area contributed by atoms with Crippen molar-refractivity contribution in [3.05, 3.63) is 34.6 Å². The van der Waals surface area contributed by atoms with Crippen molar-refractivity contribution >= 4 is 23.5 Å². The van der Waals surface area contributed by atoms with Crippen LogP contribution in [0.2, 0.25) is 5.02 Å². The lowest BCUT2D eigenvalue weighted by Gasteiger charge is -2.42. The van der Waals surface area contributed by atoms with Crippen molar-refractivity contribution < 1.29 is 18.7 Å². The molecule has 2 fully saturated rings. The summed E-state index contributed by atoms with van der Waals surface area (Å²) < 4.78 is 19.3.